The van der Waals surface area contributed by atoms with Gasteiger partial charge in [0.25, 0.3) is 0 Å². The largest absolute Gasteiger partial charge is 0.218 e. The van der Waals surface area contributed by atoms with Crippen LogP contribution >= 0.6 is 0 Å². The molecular weight excluding hydrogens is 583 g/mol. The Hall–Kier alpha value is -5.93. The van der Waals surface area contributed by atoms with Crippen molar-refractivity contribution < 1.29 is 13.7 Å². The molecule has 230 valence electrons. The zero-order valence-electron chi connectivity index (χ0n) is 27.4. The number of allylic oxidation sites excluding steroid dienone is 1. The molecule has 48 heavy (non-hydrogen) atoms. The highest BCUT2D eigenvalue weighted by Gasteiger charge is 2.29. The Balaban J connectivity index is 1.33. The van der Waals surface area contributed by atoms with E-state index in [0.717, 1.165) is 13.0 Å². The van der Waals surface area contributed by atoms with Crippen molar-refractivity contribution in [3.05, 3.63) is 193 Å². The number of pyridine rings is 3. The van der Waals surface area contributed by atoms with Gasteiger partial charge in [0, 0.05) is 41.5 Å². The summed E-state index contributed by atoms with van der Waals surface area (Å²) in [6, 6.07) is 52.5. The molecule has 7 aromatic rings. The highest BCUT2D eigenvalue weighted by molar-refractivity contribution is 5.79. The van der Waals surface area contributed by atoms with Crippen molar-refractivity contribution in [2.45, 2.75) is 19.9 Å². The minimum Gasteiger partial charge on any atom is -0.201 e. The molecule has 3 heteroatoms. The van der Waals surface area contributed by atoms with Gasteiger partial charge in [0.15, 0.2) is 25.1 Å². The first-order valence-electron chi connectivity index (χ1n) is 16.7. The van der Waals surface area contributed by atoms with Crippen LogP contribution in [0.3, 0.4) is 0 Å². The number of hydrogen-bond donors (Lipinski definition) is 0. The van der Waals surface area contributed by atoms with Crippen LogP contribution in [0.2, 0.25) is 0 Å². The Labute approximate surface area is 283 Å². The first-order chi connectivity index (χ1) is 23.7. The van der Waals surface area contributed by atoms with E-state index in [0.29, 0.717) is 0 Å². The van der Waals surface area contributed by atoms with Gasteiger partial charge < -0.3 is 0 Å². The molecule has 0 unspecified atom stereocenters. The monoisotopic (exact) mass is 620 g/mol. The van der Waals surface area contributed by atoms with Crippen LogP contribution < -0.4 is 13.7 Å². The van der Waals surface area contributed by atoms with Gasteiger partial charge in [-0.25, -0.2) is 4.57 Å². The van der Waals surface area contributed by atoms with Crippen molar-refractivity contribution in [2.24, 2.45) is 7.05 Å². The number of fused-ring (bicyclic) bond motifs is 3. The molecule has 4 aromatic carbocycles. The first-order valence-corrected chi connectivity index (χ1v) is 16.7. The first kappa shape index (κ1) is 29.5. The molecule has 0 bridgehead atoms. The lowest BCUT2D eigenvalue weighted by atomic mass is 9.95. The smallest absolute Gasteiger partial charge is 0.201 e. The second-order valence-electron chi connectivity index (χ2n) is 12.6. The van der Waals surface area contributed by atoms with Gasteiger partial charge in [0.2, 0.25) is 22.8 Å². The molecule has 1 aliphatic rings. The zero-order valence-corrected chi connectivity index (χ0v) is 27.4. The Morgan fingerprint density at radius 1 is 0.542 bits per heavy atom. The normalized spacial score (nSPS) is 12.1. The third kappa shape index (κ3) is 5.44. The quantitative estimate of drug-likeness (QED) is 0.165. The predicted octanol–water partition coefficient (Wildman–Crippen LogP) is 8.56. The number of rotatable bonds is 6. The lowest BCUT2D eigenvalue weighted by molar-refractivity contribution is -0.677. The molecule has 1 aliphatic heterocycles. The van der Waals surface area contributed by atoms with E-state index in [2.05, 4.69) is 198 Å². The van der Waals surface area contributed by atoms with Crippen LogP contribution in [0.15, 0.2) is 170 Å². The van der Waals surface area contributed by atoms with Crippen LogP contribution in [-0.4, -0.2) is 0 Å². The maximum Gasteiger partial charge on any atom is 0.218 e. The number of aryl methyl sites for hydroxylation is 2. The Kier molecular flexibility index (Phi) is 7.79. The topological polar surface area (TPSA) is 11.6 Å². The molecule has 0 N–H and O–H groups in total. The molecule has 4 heterocycles. The number of nitrogens with zero attached hydrogens (tertiary/aromatic N) is 3. The number of hydrogen-bond acceptors (Lipinski definition) is 0. The highest BCUT2D eigenvalue weighted by atomic mass is 15.0. The Morgan fingerprint density at radius 3 is 2.00 bits per heavy atom. The lowest BCUT2D eigenvalue weighted by Crippen LogP contribution is -2.39. The maximum absolute atomic E-state index is 2.46. The lowest BCUT2D eigenvalue weighted by Gasteiger charge is -2.14. The molecule has 0 saturated heterocycles. The molecule has 0 fully saturated rings. The Morgan fingerprint density at radius 2 is 1.19 bits per heavy atom. The maximum atomic E-state index is 2.46. The summed E-state index contributed by atoms with van der Waals surface area (Å²) >= 11 is 0. The van der Waals surface area contributed by atoms with Crippen molar-refractivity contribution >= 4 is 5.70 Å². The second-order valence-corrected chi connectivity index (χ2v) is 12.6. The van der Waals surface area contributed by atoms with Crippen LogP contribution in [0.5, 0.6) is 0 Å². The van der Waals surface area contributed by atoms with Crippen LogP contribution in [-0.2, 0) is 20.0 Å². The van der Waals surface area contributed by atoms with Crippen molar-refractivity contribution in [1.82, 2.24) is 0 Å². The van der Waals surface area contributed by atoms with Crippen molar-refractivity contribution in [1.29, 1.82) is 0 Å². The molecule has 0 radical (unpaired) electrons. The molecule has 0 aliphatic carbocycles. The number of aromatic nitrogens is 3. The van der Waals surface area contributed by atoms with E-state index >= 15 is 0 Å². The summed E-state index contributed by atoms with van der Waals surface area (Å²) in [6.45, 7) is 2.96. The molecule has 0 atom stereocenters. The average Bonchev–Trinajstić information content (AvgIpc) is 3.30. The van der Waals surface area contributed by atoms with E-state index in [1.54, 1.807) is 0 Å². The second kappa shape index (κ2) is 12.7. The molecule has 3 nitrogen and oxygen atoms in total. The minimum absolute atomic E-state index is 0.725. The van der Waals surface area contributed by atoms with Crippen LogP contribution in [0.4, 0.5) is 0 Å². The highest BCUT2D eigenvalue weighted by Crippen LogP contribution is 2.33. The van der Waals surface area contributed by atoms with Crippen LogP contribution in [0.1, 0.15) is 22.3 Å². The van der Waals surface area contributed by atoms with E-state index in [1.165, 1.54) is 72.8 Å². The van der Waals surface area contributed by atoms with Gasteiger partial charge in [-0.3, -0.25) is 0 Å². The summed E-state index contributed by atoms with van der Waals surface area (Å²) in [5.41, 5.74) is 16.1. The third-order valence-electron chi connectivity index (χ3n) is 9.55. The molecule has 0 saturated carbocycles. The third-order valence-corrected chi connectivity index (χ3v) is 9.55. The standard InChI is InChI=1S/C45H38N3/c1-33-30-45(40-23-11-10-22-39(40)44-27-26-35-18-6-8-20-37(35)43-25-13-15-29-48(43)44)47(32-41(33)34-16-4-3-5-17-34)31-36-19-7-9-21-38(36)42-24-12-14-28-46(42)2/h3-25,27-30,32H,26,31H2,1-2H3/q+3. The summed E-state index contributed by atoms with van der Waals surface area (Å²) in [5.74, 6) is 0. The summed E-state index contributed by atoms with van der Waals surface area (Å²) < 4.78 is 7.03. The minimum atomic E-state index is 0.725. The van der Waals surface area contributed by atoms with Crippen molar-refractivity contribution in [3.63, 3.8) is 0 Å². The fraction of sp³-hybridized carbons (Fsp3) is 0.0889. The molecular formula is C45H38N3+3. The molecule has 8 rings (SSSR count). The van der Waals surface area contributed by atoms with E-state index in [1.807, 2.05) is 0 Å². The van der Waals surface area contributed by atoms with Gasteiger partial charge in [-0.15, -0.1) is 0 Å². The zero-order chi connectivity index (χ0) is 32.5. The molecule has 3 aromatic heterocycles. The van der Waals surface area contributed by atoms with Crippen LogP contribution in [0.25, 0.3) is 50.6 Å². The fourth-order valence-corrected chi connectivity index (χ4v) is 7.17. The van der Waals surface area contributed by atoms with Crippen molar-refractivity contribution in [3.8, 4) is 44.9 Å². The summed E-state index contributed by atoms with van der Waals surface area (Å²) in [7, 11) is 2.12. The van der Waals surface area contributed by atoms with Gasteiger partial charge >= 0.3 is 0 Å². The molecule has 0 spiro atoms. The summed E-state index contributed by atoms with van der Waals surface area (Å²) in [4.78, 5) is 0. The molecule has 0 amide bonds. The van der Waals surface area contributed by atoms with Gasteiger partial charge in [0.1, 0.15) is 7.05 Å². The van der Waals surface area contributed by atoms with E-state index in [-0.39, 0.29) is 0 Å². The van der Waals surface area contributed by atoms with Crippen LogP contribution in [0, 0.1) is 6.92 Å². The van der Waals surface area contributed by atoms with E-state index in [9.17, 15) is 0 Å². The predicted molar refractivity (Wildman–Crippen MR) is 194 cm³/mol. The average molecular weight is 621 g/mol. The number of benzene rings is 4. The Bertz CT molecular complexity index is 2320. The SMILES string of the molecule is Cc1cc(-c2ccccc2C2=CCc3ccccc3-c3cccc[n+]32)[n+](Cc2ccccc2-c2cccc[n+]2C)cc1-c1ccccc1. The van der Waals surface area contributed by atoms with Gasteiger partial charge in [-0.1, -0.05) is 78.9 Å². The van der Waals surface area contributed by atoms with E-state index < -0.39 is 0 Å². The summed E-state index contributed by atoms with van der Waals surface area (Å²) in [6.07, 6.45) is 9.95. The fourth-order valence-electron chi connectivity index (χ4n) is 7.17. The summed E-state index contributed by atoms with van der Waals surface area (Å²) in [5, 5.41) is 0. The van der Waals surface area contributed by atoms with E-state index in [4.69, 9.17) is 0 Å². The van der Waals surface area contributed by atoms with Gasteiger partial charge in [-0.2, -0.15) is 9.13 Å². The van der Waals surface area contributed by atoms with Crippen molar-refractivity contribution in [2.75, 3.05) is 0 Å². The van der Waals surface area contributed by atoms with Gasteiger partial charge in [0.05, 0.1) is 22.3 Å². The van der Waals surface area contributed by atoms with Gasteiger partial charge in [-0.05, 0) is 72.5 Å².